The zero-order valence-corrected chi connectivity index (χ0v) is 10.8. The second kappa shape index (κ2) is 8.02. The van der Waals surface area contributed by atoms with Crippen molar-refractivity contribution in [2.24, 2.45) is 5.92 Å². The molecule has 0 spiro atoms. The van der Waals surface area contributed by atoms with Crippen LogP contribution in [0.2, 0.25) is 0 Å². The average molecular weight is 233 g/mol. The largest absolute Gasteiger partial charge is 0.393 e. The lowest BCUT2D eigenvalue weighted by Gasteiger charge is -2.10. The normalized spacial score (nSPS) is 13.4. The quantitative estimate of drug-likeness (QED) is 0.779. The summed E-state index contributed by atoms with van der Waals surface area (Å²) in [5.74, 6) is 0.675. The minimum Gasteiger partial charge on any atom is -0.393 e. The molecule has 0 aliphatic heterocycles. The van der Waals surface area contributed by atoms with E-state index >= 15 is 0 Å². The molecule has 0 fully saturated rings. The summed E-state index contributed by atoms with van der Waals surface area (Å²) in [6.07, 6.45) is 9.49. The molecule has 2 heteroatoms. The van der Waals surface area contributed by atoms with Crippen LogP contribution < -0.4 is 0 Å². The van der Waals surface area contributed by atoms with Gasteiger partial charge >= 0.3 is 0 Å². The lowest BCUT2D eigenvalue weighted by molar-refractivity contribution is 0.148. The van der Waals surface area contributed by atoms with Crippen molar-refractivity contribution in [2.45, 2.75) is 45.6 Å². The molecule has 0 saturated carbocycles. The van der Waals surface area contributed by atoms with E-state index in [4.69, 9.17) is 0 Å². The minimum absolute atomic E-state index is 0.161. The van der Waals surface area contributed by atoms with Crippen LogP contribution in [0, 0.1) is 5.92 Å². The molecule has 0 saturated heterocycles. The number of aliphatic hydroxyl groups excluding tert-OH is 1. The lowest BCUT2D eigenvalue weighted by Crippen LogP contribution is -2.07. The van der Waals surface area contributed by atoms with E-state index in [0.717, 1.165) is 31.4 Å². The van der Waals surface area contributed by atoms with Crippen LogP contribution in [0.1, 0.15) is 45.2 Å². The van der Waals surface area contributed by atoms with Gasteiger partial charge in [-0.25, -0.2) is 0 Å². The van der Waals surface area contributed by atoms with E-state index in [1.54, 1.807) is 6.20 Å². The molecule has 0 aromatic carbocycles. The van der Waals surface area contributed by atoms with Gasteiger partial charge in [0.2, 0.25) is 0 Å². The van der Waals surface area contributed by atoms with Gasteiger partial charge in [-0.15, -0.1) is 0 Å². The van der Waals surface area contributed by atoms with Crippen molar-refractivity contribution < 1.29 is 5.11 Å². The molecule has 0 amide bonds. The summed E-state index contributed by atoms with van der Waals surface area (Å²) in [4.78, 5) is 4.21. The first-order chi connectivity index (χ1) is 8.18. The number of allylic oxidation sites excluding steroid dienone is 1. The molecule has 0 aliphatic carbocycles. The number of pyridine rings is 1. The Morgan fingerprint density at radius 1 is 1.24 bits per heavy atom. The number of hydrogen-bond acceptors (Lipinski definition) is 2. The van der Waals surface area contributed by atoms with Gasteiger partial charge in [-0.05, 0) is 49.8 Å². The van der Waals surface area contributed by atoms with Gasteiger partial charge in [0.25, 0.3) is 0 Å². The van der Waals surface area contributed by atoms with Crippen molar-refractivity contribution in [3.63, 3.8) is 0 Å². The third kappa shape index (κ3) is 6.90. The molecule has 2 nitrogen and oxygen atoms in total. The van der Waals surface area contributed by atoms with Gasteiger partial charge in [-0.2, -0.15) is 0 Å². The first kappa shape index (κ1) is 13.9. The highest BCUT2D eigenvalue weighted by molar-refractivity contribution is 5.43. The third-order valence-electron chi connectivity index (χ3n) is 2.72. The Morgan fingerprint density at radius 2 is 2.06 bits per heavy atom. The Labute approximate surface area is 104 Å². The van der Waals surface area contributed by atoms with Gasteiger partial charge in [0.15, 0.2) is 0 Å². The number of rotatable bonds is 7. The number of aromatic nitrogens is 1. The molecular weight excluding hydrogens is 210 g/mol. The zero-order chi connectivity index (χ0) is 12.5. The Balaban J connectivity index is 2.17. The van der Waals surface area contributed by atoms with Crippen LogP contribution in [0.3, 0.4) is 0 Å². The molecule has 1 aromatic heterocycles. The first-order valence-corrected chi connectivity index (χ1v) is 6.44. The summed E-state index contributed by atoms with van der Waals surface area (Å²) in [7, 11) is 0. The fourth-order valence-electron chi connectivity index (χ4n) is 1.64. The SMILES string of the molecule is CC(C)CCC(O)CC/C=C/c1ccccn1. The van der Waals surface area contributed by atoms with Gasteiger partial charge in [0, 0.05) is 6.20 Å². The fourth-order valence-corrected chi connectivity index (χ4v) is 1.64. The van der Waals surface area contributed by atoms with E-state index in [9.17, 15) is 5.11 Å². The van der Waals surface area contributed by atoms with E-state index < -0.39 is 0 Å². The van der Waals surface area contributed by atoms with Crippen LogP contribution in [0.25, 0.3) is 6.08 Å². The van der Waals surface area contributed by atoms with Crippen molar-refractivity contribution in [1.82, 2.24) is 4.98 Å². The summed E-state index contributed by atoms with van der Waals surface area (Å²) in [5, 5.41) is 9.75. The highest BCUT2D eigenvalue weighted by Crippen LogP contribution is 2.11. The molecule has 0 radical (unpaired) electrons. The maximum Gasteiger partial charge on any atom is 0.0626 e. The molecule has 1 unspecified atom stereocenters. The maximum absolute atomic E-state index is 9.75. The van der Waals surface area contributed by atoms with Crippen LogP contribution in [0.5, 0.6) is 0 Å². The van der Waals surface area contributed by atoms with E-state index in [1.165, 1.54) is 0 Å². The van der Waals surface area contributed by atoms with Crippen LogP contribution in [0.4, 0.5) is 0 Å². The van der Waals surface area contributed by atoms with Crippen LogP contribution >= 0.6 is 0 Å². The molecule has 0 bridgehead atoms. The fraction of sp³-hybridized carbons (Fsp3) is 0.533. The highest BCUT2D eigenvalue weighted by atomic mass is 16.3. The predicted molar refractivity (Wildman–Crippen MR) is 72.6 cm³/mol. The first-order valence-electron chi connectivity index (χ1n) is 6.44. The second-order valence-corrected chi connectivity index (χ2v) is 4.86. The molecule has 1 rings (SSSR count). The van der Waals surface area contributed by atoms with Crippen LogP contribution in [-0.4, -0.2) is 16.2 Å². The standard InChI is InChI=1S/C15H23NO/c1-13(2)10-11-15(17)9-4-3-7-14-8-5-6-12-16-14/h3,5-8,12-13,15,17H,4,9-11H2,1-2H3/b7-3+. The molecule has 17 heavy (non-hydrogen) atoms. The predicted octanol–water partition coefficient (Wildman–Crippen LogP) is 3.67. The van der Waals surface area contributed by atoms with E-state index in [-0.39, 0.29) is 6.10 Å². The molecule has 1 atom stereocenters. The summed E-state index contributed by atoms with van der Waals surface area (Å²) in [5.41, 5.74) is 0.976. The van der Waals surface area contributed by atoms with Crippen molar-refractivity contribution in [2.75, 3.05) is 0 Å². The molecular formula is C15H23NO. The van der Waals surface area contributed by atoms with Crippen molar-refractivity contribution >= 4 is 6.08 Å². The summed E-state index contributed by atoms with van der Waals surface area (Å²) in [6.45, 7) is 4.38. The van der Waals surface area contributed by atoms with E-state index in [1.807, 2.05) is 24.3 Å². The monoisotopic (exact) mass is 233 g/mol. The number of aliphatic hydroxyl groups is 1. The van der Waals surface area contributed by atoms with Gasteiger partial charge in [-0.3, -0.25) is 4.98 Å². The smallest absolute Gasteiger partial charge is 0.0626 e. The third-order valence-corrected chi connectivity index (χ3v) is 2.72. The maximum atomic E-state index is 9.75. The molecule has 1 heterocycles. The Bertz CT molecular complexity index is 319. The van der Waals surface area contributed by atoms with E-state index in [2.05, 4.69) is 24.9 Å². The number of nitrogens with zero attached hydrogens (tertiary/aromatic N) is 1. The summed E-state index contributed by atoms with van der Waals surface area (Å²) >= 11 is 0. The van der Waals surface area contributed by atoms with Gasteiger partial charge in [-0.1, -0.05) is 26.0 Å². The highest BCUT2D eigenvalue weighted by Gasteiger charge is 2.03. The van der Waals surface area contributed by atoms with Gasteiger partial charge < -0.3 is 5.11 Å². The zero-order valence-electron chi connectivity index (χ0n) is 10.8. The molecule has 1 aromatic rings. The minimum atomic E-state index is -0.161. The van der Waals surface area contributed by atoms with Crippen LogP contribution in [-0.2, 0) is 0 Å². The Hall–Kier alpha value is -1.15. The second-order valence-electron chi connectivity index (χ2n) is 4.86. The number of hydrogen-bond donors (Lipinski definition) is 1. The average Bonchev–Trinajstić information content (AvgIpc) is 2.33. The van der Waals surface area contributed by atoms with Crippen molar-refractivity contribution in [3.8, 4) is 0 Å². The summed E-state index contributed by atoms with van der Waals surface area (Å²) < 4.78 is 0. The Morgan fingerprint density at radius 3 is 2.71 bits per heavy atom. The molecule has 0 aliphatic rings. The van der Waals surface area contributed by atoms with Crippen LogP contribution in [0.15, 0.2) is 30.5 Å². The Kier molecular flexibility index (Phi) is 6.56. The van der Waals surface area contributed by atoms with Gasteiger partial charge in [0.05, 0.1) is 11.8 Å². The lowest BCUT2D eigenvalue weighted by atomic mass is 10.0. The van der Waals surface area contributed by atoms with Crippen molar-refractivity contribution in [1.29, 1.82) is 0 Å². The molecule has 94 valence electrons. The summed E-state index contributed by atoms with van der Waals surface area (Å²) in [6, 6.07) is 5.86. The molecule has 1 N–H and O–H groups in total. The van der Waals surface area contributed by atoms with Crippen molar-refractivity contribution in [3.05, 3.63) is 36.2 Å². The van der Waals surface area contributed by atoms with Gasteiger partial charge in [0.1, 0.15) is 0 Å². The topological polar surface area (TPSA) is 33.1 Å². The van der Waals surface area contributed by atoms with E-state index in [0.29, 0.717) is 5.92 Å².